The Labute approximate surface area is 111 Å². The average molecular weight is 265 g/mol. The van der Waals surface area contributed by atoms with Crippen molar-refractivity contribution in [2.24, 2.45) is 0 Å². The molecule has 5 heteroatoms. The number of aromatic carboxylic acids is 1. The summed E-state index contributed by atoms with van der Waals surface area (Å²) in [6.07, 6.45) is 5.05. The number of aliphatic hydroxyl groups is 1. The van der Waals surface area contributed by atoms with Gasteiger partial charge in [0, 0.05) is 12.2 Å². The Hall–Kier alpha value is -1.62. The number of hydrogen-bond acceptors (Lipinski definition) is 3. The van der Waals surface area contributed by atoms with Gasteiger partial charge >= 0.3 is 5.97 Å². The molecule has 0 amide bonds. The van der Waals surface area contributed by atoms with Gasteiger partial charge in [0.1, 0.15) is 5.56 Å². The van der Waals surface area contributed by atoms with Crippen molar-refractivity contribution in [3.63, 3.8) is 0 Å². The van der Waals surface area contributed by atoms with Crippen LogP contribution >= 0.6 is 0 Å². The van der Waals surface area contributed by atoms with Gasteiger partial charge in [0.25, 0.3) is 5.56 Å². The Morgan fingerprint density at radius 3 is 2.63 bits per heavy atom. The molecule has 1 aliphatic rings. The Morgan fingerprint density at radius 1 is 1.47 bits per heavy atom. The molecule has 5 nitrogen and oxygen atoms in total. The zero-order valence-electron chi connectivity index (χ0n) is 11.0. The predicted molar refractivity (Wildman–Crippen MR) is 70.4 cm³/mol. The van der Waals surface area contributed by atoms with Crippen LogP contribution in [0.3, 0.4) is 0 Å². The fourth-order valence-corrected chi connectivity index (χ4v) is 2.73. The Bertz CT molecular complexity index is 526. The van der Waals surface area contributed by atoms with Crippen LogP contribution in [0.4, 0.5) is 0 Å². The molecule has 19 heavy (non-hydrogen) atoms. The lowest BCUT2D eigenvalue weighted by atomic mass is 9.80. The molecule has 0 aliphatic heterocycles. The first-order valence-corrected chi connectivity index (χ1v) is 6.64. The van der Waals surface area contributed by atoms with Gasteiger partial charge in [0.15, 0.2) is 0 Å². The summed E-state index contributed by atoms with van der Waals surface area (Å²) >= 11 is 0. The molecule has 0 radical (unpaired) electrons. The van der Waals surface area contributed by atoms with Crippen LogP contribution < -0.4 is 5.56 Å². The summed E-state index contributed by atoms with van der Waals surface area (Å²) in [5.74, 6) is -1.19. The van der Waals surface area contributed by atoms with Crippen LogP contribution in [0.5, 0.6) is 0 Å². The van der Waals surface area contributed by atoms with Gasteiger partial charge in [0.05, 0.1) is 5.60 Å². The molecule has 1 fully saturated rings. The molecule has 1 heterocycles. The summed E-state index contributed by atoms with van der Waals surface area (Å²) in [5.41, 5.74) is -1.27. The molecule has 0 atom stereocenters. The third kappa shape index (κ3) is 2.71. The molecule has 1 aromatic rings. The van der Waals surface area contributed by atoms with E-state index < -0.39 is 17.1 Å². The number of hydrogen-bond donors (Lipinski definition) is 2. The van der Waals surface area contributed by atoms with Crippen LogP contribution in [-0.2, 0) is 0 Å². The van der Waals surface area contributed by atoms with Crippen LogP contribution in [-0.4, -0.2) is 26.4 Å². The van der Waals surface area contributed by atoms with E-state index in [2.05, 4.69) is 0 Å². The number of carboxylic acids is 1. The molecule has 1 aromatic heterocycles. The normalized spacial score (nSPS) is 27.2. The van der Waals surface area contributed by atoms with Crippen LogP contribution in [0.25, 0.3) is 0 Å². The zero-order valence-corrected chi connectivity index (χ0v) is 11.0. The van der Waals surface area contributed by atoms with Gasteiger partial charge in [-0.1, -0.05) is 6.92 Å². The number of nitrogens with zero attached hydrogens (tertiary/aromatic N) is 1. The average Bonchev–Trinajstić information content (AvgIpc) is 2.40. The lowest BCUT2D eigenvalue weighted by molar-refractivity contribution is -0.0110. The first-order valence-electron chi connectivity index (χ1n) is 6.64. The third-order valence-corrected chi connectivity index (χ3v) is 4.14. The second kappa shape index (κ2) is 5.17. The maximum atomic E-state index is 12.1. The van der Waals surface area contributed by atoms with Crippen molar-refractivity contribution >= 4 is 5.97 Å². The van der Waals surface area contributed by atoms with Crippen molar-refractivity contribution in [3.8, 4) is 0 Å². The van der Waals surface area contributed by atoms with Crippen molar-refractivity contribution in [3.05, 3.63) is 34.2 Å². The predicted octanol–water partition coefficient (Wildman–Crippen LogP) is 1.80. The van der Waals surface area contributed by atoms with Crippen LogP contribution in [0, 0.1) is 0 Å². The minimum Gasteiger partial charge on any atom is -0.477 e. The number of pyridine rings is 1. The maximum Gasteiger partial charge on any atom is 0.341 e. The van der Waals surface area contributed by atoms with Gasteiger partial charge in [0.2, 0.25) is 0 Å². The molecular formula is C14H19NO4. The quantitative estimate of drug-likeness (QED) is 0.873. The van der Waals surface area contributed by atoms with Gasteiger partial charge in [-0.3, -0.25) is 4.79 Å². The number of rotatable bonds is 3. The number of aromatic nitrogens is 1. The monoisotopic (exact) mass is 265 g/mol. The van der Waals surface area contributed by atoms with E-state index in [0.29, 0.717) is 32.1 Å². The number of carboxylic acid groups (broad SMARTS) is 1. The summed E-state index contributed by atoms with van der Waals surface area (Å²) in [5, 5.41) is 19.1. The SMILES string of the molecule is CCC1(O)CCC(n2cccc(C(=O)O)c2=O)CC1. The molecule has 0 unspecified atom stereocenters. The Morgan fingerprint density at radius 2 is 2.11 bits per heavy atom. The summed E-state index contributed by atoms with van der Waals surface area (Å²) in [6, 6.07) is 2.90. The molecule has 104 valence electrons. The van der Waals surface area contributed by atoms with Crippen molar-refractivity contribution in [2.75, 3.05) is 0 Å². The minimum absolute atomic E-state index is 0.0152. The van der Waals surface area contributed by atoms with E-state index >= 15 is 0 Å². The third-order valence-electron chi connectivity index (χ3n) is 4.14. The maximum absolute atomic E-state index is 12.1. The molecule has 1 aliphatic carbocycles. The smallest absolute Gasteiger partial charge is 0.341 e. The largest absolute Gasteiger partial charge is 0.477 e. The van der Waals surface area contributed by atoms with Crippen molar-refractivity contribution in [1.29, 1.82) is 0 Å². The first-order chi connectivity index (χ1) is 8.97. The van der Waals surface area contributed by atoms with E-state index in [0.717, 1.165) is 0 Å². The highest BCUT2D eigenvalue weighted by atomic mass is 16.4. The van der Waals surface area contributed by atoms with Crippen molar-refractivity contribution in [2.45, 2.75) is 50.7 Å². The van der Waals surface area contributed by atoms with E-state index in [1.165, 1.54) is 10.6 Å². The fraction of sp³-hybridized carbons (Fsp3) is 0.571. The summed E-state index contributed by atoms with van der Waals surface area (Å²) in [7, 11) is 0. The van der Waals surface area contributed by atoms with Crippen molar-refractivity contribution < 1.29 is 15.0 Å². The molecule has 0 spiro atoms. The second-order valence-electron chi connectivity index (χ2n) is 5.25. The molecular weight excluding hydrogens is 246 g/mol. The first kappa shape index (κ1) is 13.8. The van der Waals surface area contributed by atoms with Gasteiger partial charge in [-0.2, -0.15) is 0 Å². The van der Waals surface area contributed by atoms with Crippen LogP contribution in [0.1, 0.15) is 55.4 Å². The summed E-state index contributed by atoms with van der Waals surface area (Å²) in [6.45, 7) is 1.96. The standard InChI is InChI=1S/C14H19NO4/c1-2-14(19)7-5-10(6-8-14)15-9-3-4-11(12(15)16)13(17)18/h3-4,9-10,19H,2,5-8H2,1H3,(H,17,18). The fourth-order valence-electron chi connectivity index (χ4n) is 2.73. The molecule has 0 saturated heterocycles. The highest BCUT2D eigenvalue weighted by Gasteiger charge is 2.32. The van der Waals surface area contributed by atoms with E-state index in [-0.39, 0.29) is 11.6 Å². The summed E-state index contributed by atoms with van der Waals surface area (Å²) < 4.78 is 1.50. The molecule has 1 saturated carbocycles. The van der Waals surface area contributed by atoms with Gasteiger partial charge in [-0.25, -0.2) is 4.79 Å². The lowest BCUT2D eigenvalue weighted by Crippen LogP contribution is -2.37. The van der Waals surface area contributed by atoms with E-state index in [1.807, 2.05) is 6.92 Å². The van der Waals surface area contributed by atoms with Crippen LogP contribution in [0.2, 0.25) is 0 Å². The van der Waals surface area contributed by atoms with Gasteiger partial charge < -0.3 is 14.8 Å². The van der Waals surface area contributed by atoms with E-state index in [9.17, 15) is 14.7 Å². The Kier molecular flexibility index (Phi) is 3.75. The van der Waals surface area contributed by atoms with E-state index in [1.54, 1.807) is 12.3 Å². The lowest BCUT2D eigenvalue weighted by Gasteiger charge is -2.36. The molecule has 2 rings (SSSR count). The topological polar surface area (TPSA) is 79.5 Å². The van der Waals surface area contributed by atoms with Crippen molar-refractivity contribution in [1.82, 2.24) is 4.57 Å². The minimum atomic E-state index is -1.19. The molecule has 0 bridgehead atoms. The Balaban J connectivity index is 2.23. The van der Waals surface area contributed by atoms with Gasteiger partial charge in [-0.05, 0) is 44.2 Å². The highest BCUT2D eigenvalue weighted by molar-refractivity contribution is 5.86. The molecule has 2 N–H and O–H groups in total. The number of carbonyl (C=O) groups is 1. The van der Waals surface area contributed by atoms with Crippen LogP contribution in [0.15, 0.2) is 23.1 Å². The summed E-state index contributed by atoms with van der Waals surface area (Å²) in [4.78, 5) is 23.0. The van der Waals surface area contributed by atoms with Gasteiger partial charge in [-0.15, -0.1) is 0 Å². The highest BCUT2D eigenvalue weighted by Crippen LogP contribution is 2.36. The zero-order chi connectivity index (χ0) is 14.0. The second-order valence-corrected chi connectivity index (χ2v) is 5.25. The van der Waals surface area contributed by atoms with E-state index in [4.69, 9.17) is 5.11 Å². The molecule has 0 aromatic carbocycles.